The van der Waals surface area contributed by atoms with Gasteiger partial charge in [0, 0.05) is 11.0 Å². The number of nitrogens with one attached hydrogen (secondary N) is 1. The van der Waals surface area contributed by atoms with E-state index in [1.54, 1.807) is 0 Å². The smallest absolute Gasteiger partial charge is 0.144 e. The van der Waals surface area contributed by atoms with Crippen molar-refractivity contribution in [3.8, 4) is 0 Å². The Morgan fingerprint density at radius 2 is 2.14 bits per heavy atom. The summed E-state index contributed by atoms with van der Waals surface area (Å²) in [5.74, 6) is 0.306. The van der Waals surface area contributed by atoms with Crippen LogP contribution < -0.4 is 11.1 Å². The number of hydrogen-bond acceptors (Lipinski definition) is 3. The van der Waals surface area contributed by atoms with Crippen molar-refractivity contribution in [2.45, 2.75) is 45.6 Å². The summed E-state index contributed by atoms with van der Waals surface area (Å²) in [5.41, 5.74) is 5.72. The first kappa shape index (κ1) is 11.3. The molecule has 0 heterocycles. The number of nitrogens with two attached hydrogens (primary N) is 1. The van der Waals surface area contributed by atoms with Gasteiger partial charge in [-0.05, 0) is 32.7 Å². The predicted molar refractivity (Wildman–Crippen MR) is 57.4 cm³/mol. The molecule has 0 aromatic rings. The van der Waals surface area contributed by atoms with Gasteiger partial charge >= 0.3 is 0 Å². The quantitative estimate of drug-likeness (QED) is 0.270. The molecule has 1 saturated carbocycles. The molecule has 0 amide bonds. The van der Waals surface area contributed by atoms with Gasteiger partial charge in [-0.25, -0.2) is 0 Å². The minimum atomic E-state index is -0.229. The zero-order chi connectivity index (χ0) is 10.8. The molecule has 4 nitrogen and oxygen atoms in total. The Labute approximate surface area is 85.6 Å². The normalized spacial score (nSPS) is 20.9. The molecule has 1 rings (SSSR count). The highest BCUT2D eigenvalue weighted by molar-refractivity contribution is 5.85. The first-order valence-electron chi connectivity index (χ1n) is 5.13. The Hall–Kier alpha value is -0.770. The lowest BCUT2D eigenvalue weighted by Gasteiger charge is -2.24. The summed E-state index contributed by atoms with van der Waals surface area (Å²) in [6, 6.07) is 0. The van der Waals surface area contributed by atoms with Gasteiger partial charge in [0.1, 0.15) is 5.84 Å². The maximum atomic E-state index is 8.58. The van der Waals surface area contributed by atoms with E-state index in [9.17, 15) is 0 Å². The Kier molecular flexibility index (Phi) is 3.04. The Balaban J connectivity index is 2.29. The van der Waals surface area contributed by atoms with Crippen LogP contribution in [0.5, 0.6) is 0 Å². The van der Waals surface area contributed by atoms with Crippen LogP contribution in [0.25, 0.3) is 0 Å². The topological polar surface area (TPSA) is 70.6 Å². The van der Waals surface area contributed by atoms with Crippen molar-refractivity contribution < 1.29 is 5.21 Å². The fourth-order valence-corrected chi connectivity index (χ4v) is 1.30. The molecule has 0 spiro atoms. The molecule has 1 fully saturated rings. The van der Waals surface area contributed by atoms with Crippen LogP contribution in [0.2, 0.25) is 0 Å². The van der Waals surface area contributed by atoms with Gasteiger partial charge in [0.15, 0.2) is 0 Å². The van der Waals surface area contributed by atoms with Crippen LogP contribution >= 0.6 is 0 Å². The fraction of sp³-hybridized carbons (Fsp3) is 0.900. The molecule has 1 aliphatic rings. The molecule has 0 aromatic heterocycles. The molecular weight excluding hydrogens is 178 g/mol. The lowest BCUT2D eigenvalue weighted by Crippen LogP contribution is -2.37. The summed E-state index contributed by atoms with van der Waals surface area (Å²) in [4.78, 5) is 0. The third-order valence-electron chi connectivity index (χ3n) is 3.10. The van der Waals surface area contributed by atoms with Crippen molar-refractivity contribution >= 4 is 5.84 Å². The predicted octanol–water partition coefficient (Wildman–Crippen LogP) is 1.29. The molecule has 0 aromatic carbocycles. The van der Waals surface area contributed by atoms with E-state index >= 15 is 0 Å². The van der Waals surface area contributed by atoms with E-state index in [1.807, 2.05) is 13.8 Å². The number of rotatable bonds is 5. The van der Waals surface area contributed by atoms with Crippen LogP contribution in [-0.2, 0) is 0 Å². The van der Waals surface area contributed by atoms with E-state index < -0.39 is 0 Å². The number of hydrogen-bond donors (Lipinski definition) is 3. The zero-order valence-electron chi connectivity index (χ0n) is 9.30. The SMILES string of the molecule is CC1(NCCC(C)(C)C(N)=NO)CC1. The first-order chi connectivity index (χ1) is 6.40. The Morgan fingerprint density at radius 1 is 1.57 bits per heavy atom. The summed E-state index contributed by atoms with van der Waals surface area (Å²) >= 11 is 0. The number of oxime groups is 1. The van der Waals surface area contributed by atoms with Gasteiger partial charge in [0.2, 0.25) is 0 Å². The highest BCUT2D eigenvalue weighted by Crippen LogP contribution is 2.34. The van der Waals surface area contributed by atoms with Gasteiger partial charge in [-0.1, -0.05) is 19.0 Å². The molecule has 82 valence electrons. The molecule has 4 heteroatoms. The van der Waals surface area contributed by atoms with E-state index in [0.29, 0.717) is 11.4 Å². The third-order valence-corrected chi connectivity index (χ3v) is 3.10. The van der Waals surface area contributed by atoms with Gasteiger partial charge in [-0.15, -0.1) is 0 Å². The minimum Gasteiger partial charge on any atom is -0.409 e. The summed E-state index contributed by atoms with van der Waals surface area (Å²) in [6.07, 6.45) is 3.41. The van der Waals surface area contributed by atoms with Gasteiger partial charge in [0.05, 0.1) is 0 Å². The molecule has 0 aliphatic heterocycles. The number of nitrogens with zero attached hydrogens (tertiary/aromatic N) is 1. The Bertz CT molecular complexity index is 232. The lowest BCUT2D eigenvalue weighted by molar-refractivity contribution is 0.304. The molecule has 0 radical (unpaired) electrons. The minimum absolute atomic E-state index is 0.229. The molecule has 0 unspecified atom stereocenters. The van der Waals surface area contributed by atoms with Crippen LogP contribution in [0.4, 0.5) is 0 Å². The molecular formula is C10H21N3O. The zero-order valence-corrected chi connectivity index (χ0v) is 9.30. The van der Waals surface area contributed by atoms with Crippen LogP contribution in [0.15, 0.2) is 5.16 Å². The van der Waals surface area contributed by atoms with Gasteiger partial charge in [-0.2, -0.15) is 0 Å². The number of amidine groups is 1. The van der Waals surface area contributed by atoms with Crippen molar-refractivity contribution in [2.24, 2.45) is 16.3 Å². The summed E-state index contributed by atoms with van der Waals surface area (Å²) < 4.78 is 0. The molecule has 0 atom stereocenters. The average molecular weight is 199 g/mol. The van der Waals surface area contributed by atoms with E-state index in [2.05, 4.69) is 17.4 Å². The van der Waals surface area contributed by atoms with E-state index in [-0.39, 0.29) is 5.41 Å². The highest BCUT2D eigenvalue weighted by atomic mass is 16.4. The largest absolute Gasteiger partial charge is 0.409 e. The average Bonchev–Trinajstić information content (AvgIpc) is 2.82. The third kappa shape index (κ3) is 2.87. The van der Waals surface area contributed by atoms with E-state index in [1.165, 1.54) is 12.8 Å². The van der Waals surface area contributed by atoms with Gasteiger partial charge < -0.3 is 16.3 Å². The summed E-state index contributed by atoms with van der Waals surface area (Å²) in [7, 11) is 0. The van der Waals surface area contributed by atoms with Crippen LogP contribution in [-0.4, -0.2) is 23.1 Å². The highest BCUT2D eigenvalue weighted by Gasteiger charge is 2.36. The maximum Gasteiger partial charge on any atom is 0.144 e. The fourth-order valence-electron chi connectivity index (χ4n) is 1.30. The van der Waals surface area contributed by atoms with Crippen molar-refractivity contribution in [3.63, 3.8) is 0 Å². The summed E-state index contributed by atoms with van der Waals surface area (Å²) in [6.45, 7) is 7.11. The van der Waals surface area contributed by atoms with Crippen LogP contribution in [0.3, 0.4) is 0 Å². The molecule has 0 bridgehead atoms. The maximum absolute atomic E-state index is 8.58. The second-order valence-electron chi connectivity index (χ2n) is 5.11. The van der Waals surface area contributed by atoms with Crippen molar-refractivity contribution in [1.29, 1.82) is 0 Å². The molecule has 14 heavy (non-hydrogen) atoms. The van der Waals surface area contributed by atoms with Gasteiger partial charge in [0.25, 0.3) is 0 Å². The van der Waals surface area contributed by atoms with Crippen molar-refractivity contribution in [2.75, 3.05) is 6.54 Å². The van der Waals surface area contributed by atoms with Crippen LogP contribution in [0, 0.1) is 5.41 Å². The standard InChI is InChI=1S/C10H21N3O/c1-9(2,8(11)13-14)6-7-12-10(3)4-5-10/h12,14H,4-7H2,1-3H3,(H2,11,13). The van der Waals surface area contributed by atoms with E-state index in [4.69, 9.17) is 10.9 Å². The lowest BCUT2D eigenvalue weighted by atomic mass is 9.88. The molecule has 0 saturated heterocycles. The first-order valence-corrected chi connectivity index (χ1v) is 5.13. The Morgan fingerprint density at radius 3 is 2.57 bits per heavy atom. The second-order valence-corrected chi connectivity index (χ2v) is 5.11. The van der Waals surface area contributed by atoms with E-state index in [0.717, 1.165) is 13.0 Å². The van der Waals surface area contributed by atoms with Crippen LogP contribution in [0.1, 0.15) is 40.0 Å². The monoisotopic (exact) mass is 199 g/mol. The molecule has 4 N–H and O–H groups in total. The van der Waals surface area contributed by atoms with Crippen molar-refractivity contribution in [1.82, 2.24) is 5.32 Å². The van der Waals surface area contributed by atoms with Crippen molar-refractivity contribution in [3.05, 3.63) is 0 Å². The summed E-state index contributed by atoms with van der Waals surface area (Å²) in [5, 5.41) is 15.1. The second kappa shape index (κ2) is 3.77. The molecule has 1 aliphatic carbocycles. The van der Waals surface area contributed by atoms with Gasteiger partial charge in [-0.3, -0.25) is 0 Å².